The molecule has 0 saturated heterocycles. The fourth-order valence-corrected chi connectivity index (χ4v) is 5.56. The Kier molecular flexibility index (Phi) is 5.06. The lowest BCUT2D eigenvalue weighted by atomic mass is 9.74. The first kappa shape index (κ1) is 21.0. The zero-order valence-electron chi connectivity index (χ0n) is 19.9. The summed E-state index contributed by atoms with van der Waals surface area (Å²) in [7, 11) is 0. The zero-order valence-corrected chi connectivity index (χ0v) is 19.9. The first-order chi connectivity index (χ1) is 17.8. The molecule has 0 N–H and O–H groups in total. The number of fused-ring (bicyclic) bond motifs is 5. The molecule has 5 aromatic rings. The van der Waals surface area contributed by atoms with E-state index in [0.29, 0.717) is 23.4 Å². The van der Waals surface area contributed by atoms with Gasteiger partial charge in [-0.2, -0.15) is 0 Å². The summed E-state index contributed by atoms with van der Waals surface area (Å²) in [6.45, 7) is 0. The van der Waals surface area contributed by atoms with Crippen molar-refractivity contribution < 1.29 is 0 Å². The Morgan fingerprint density at radius 2 is 1.28 bits per heavy atom. The predicted octanol–water partition coefficient (Wildman–Crippen LogP) is 7.93. The fraction of sp³-hybridized carbons (Fsp3) is 0.121. The maximum Gasteiger partial charge on any atom is 0.164 e. The highest BCUT2D eigenvalue weighted by atomic mass is 15.0. The van der Waals surface area contributed by atoms with E-state index >= 15 is 0 Å². The molecule has 172 valence electrons. The van der Waals surface area contributed by atoms with Crippen LogP contribution in [-0.2, 0) is 6.42 Å². The van der Waals surface area contributed by atoms with Crippen molar-refractivity contribution in [3.05, 3.63) is 120 Å². The number of allylic oxidation sites excluding steroid dienone is 4. The number of rotatable bonds is 3. The Labute approximate surface area is 210 Å². The molecule has 1 heterocycles. The number of nitrogens with zero attached hydrogens (tertiary/aromatic N) is 3. The SMILES string of the molecule is C1=CCC2CCc3ccc4ccc(-c5nc(-c6ccccc6)nc(-c6ccccc6)n5)cc4c3C2=C1. The molecule has 0 saturated carbocycles. The van der Waals surface area contributed by atoms with Crippen LogP contribution >= 0.6 is 0 Å². The lowest BCUT2D eigenvalue weighted by molar-refractivity contribution is 0.594. The third-order valence-corrected chi connectivity index (χ3v) is 7.39. The van der Waals surface area contributed by atoms with Gasteiger partial charge < -0.3 is 0 Å². The fourth-order valence-electron chi connectivity index (χ4n) is 5.56. The molecule has 0 aliphatic heterocycles. The lowest BCUT2D eigenvalue weighted by Crippen LogP contribution is -2.14. The predicted molar refractivity (Wildman–Crippen MR) is 147 cm³/mol. The number of benzene rings is 4. The molecule has 0 radical (unpaired) electrons. The largest absolute Gasteiger partial charge is 0.208 e. The topological polar surface area (TPSA) is 38.7 Å². The average Bonchev–Trinajstić information content (AvgIpc) is 2.97. The maximum absolute atomic E-state index is 4.95. The van der Waals surface area contributed by atoms with Gasteiger partial charge in [-0.1, -0.05) is 103 Å². The molecular formula is C33H25N3. The molecule has 4 aromatic carbocycles. The summed E-state index contributed by atoms with van der Waals surface area (Å²) in [4.78, 5) is 14.8. The molecule has 1 atom stereocenters. The summed E-state index contributed by atoms with van der Waals surface area (Å²) in [5, 5.41) is 2.55. The van der Waals surface area contributed by atoms with Crippen molar-refractivity contribution in [2.24, 2.45) is 5.92 Å². The number of aromatic nitrogens is 3. The summed E-state index contributed by atoms with van der Waals surface area (Å²) < 4.78 is 0. The van der Waals surface area contributed by atoms with Crippen LogP contribution in [0.3, 0.4) is 0 Å². The van der Waals surface area contributed by atoms with Crippen LogP contribution in [0.25, 0.3) is 50.5 Å². The van der Waals surface area contributed by atoms with Gasteiger partial charge in [0, 0.05) is 16.7 Å². The summed E-state index contributed by atoms with van der Waals surface area (Å²) in [5.74, 6) is 2.69. The molecule has 2 aliphatic carbocycles. The first-order valence-electron chi connectivity index (χ1n) is 12.6. The van der Waals surface area contributed by atoms with Gasteiger partial charge in [0.05, 0.1) is 0 Å². The van der Waals surface area contributed by atoms with Gasteiger partial charge in [0.1, 0.15) is 0 Å². The maximum atomic E-state index is 4.95. The Hall–Kier alpha value is -4.37. The minimum atomic E-state index is 0.614. The minimum absolute atomic E-state index is 0.614. The summed E-state index contributed by atoms with van der Waals surface area (Å²) in [6.07, 6.45) is 10.3. The van der Waals surface area contributed by atoms with Crippen LogP contribution in [0.5, 0.6) is 0 Å². The van der Waals surface area contributed by atoms with Gasteiger partial charge in [0.2, 0.25) is 0 Å². The molecule has 7 rings (SSSR count). The van der Waals surface area contributed by atoms with Gasteiger partial charge in [0.25, 0.3) is 0 Å². The molecule has 1 aromatic heterocycles. The highest BCUT2D eigenvalue weighted by molar-refractivity contribution is 5.98. The van der Waals surface area contributed by atoms with Crippen molar-refractivity contribution in [1.82, 2.24) is 15.0 Å². The van der Waals surface area contributed by atoms with Crippen LogP contribution < -0.4 is 0 Å². The average molecular weight is 464 g/mol. The normalized spacial score (nSPS) is 16.3. The van der Waals surface area contributed by atoms with Gasteiger partial charge in [0.15, 0.2) is 17.5 Å². The van der Waals surface area contributed by atoms with Gasteiger partial charge in [-0.15, -0.1) is 0 Å². The minimum Gasteiger partial charge on any atom is -0.208 e. The van der Waals surface area contributed by atoms with E-state index in [-0.39, 0.29) is 0 Å². The van der Waals surface area contributed by atoms with Crippen LogP contribution in [-0.4, -0.2) is 15.0 Å². The molecule has 0 amide bonds. The molecule has 2 aliphatic rings. The standard InChI is InChI=1S/C33H25N3/c1-3-10-25(11-4-1)31-34-32(26-12-5-2-6-13-26)36-33(35-31)27-20-17-23-16-19-24-18-15-22-9-7-8-14-28(22)30(24)29(23)21-27/h1-8,10-14,16-17,19-22H,9,15,18H2. The molecule has 1 unspecified atom stereocenters. The molecule has 3 nitrogen and oxygen atoms in total. The van der Waals surface area contributed by atoms with E-state index in [0.717, 1.165) is 29.5 Å². The summed E-state index contributed by atoms with van der Waals surface area (Å²) in [5.41, 5.74) is 7.32. The molecule has 0 bridgehead atoms. The summed E-state index contributed by atoms with van der Waals surface area (Å²) >= 11 is 0. The quantitative estimate of drug-likeness (QED) is 0.273. The number of hydrogen-bond acceptors (Lipinski definition) is 3. The Morgan fingerprint density at radius 1 is 0.639 bits per heavy atom. The van der Waals surface area contributed by atoms with E-state index < -0.39 is 0 Å². The smallest absolute Gasteiger partial charge is 0.164 e. The van der Waals surface area contributed by atoms with Crippen molar-refractivity contribution in [3.63, 3.8) is 0 Å². The van der Waals surface area contributed by atoms with Crippen molar-refractivity contribution in [2.75, 3.05) is 0 Å². The number of hydrogen-bond donors (Lipinski definition) is 0. The van der Waals surface area contributed by atoms with E-state index in [2.05, 4.69) is 48.6 Å². The van der Waals surface area contributed by atoms with Crippen molar-refractivity contribution in [3.8, 4) is 34.2 Å². The highest BCUT2D eigenvalue weighted by Gasteiger charge is 2.26. The van der Waals surface area contributed by atoms with Crippen LogP contribution in [0, 0.1) is 5.92 Å². The van der Waals surface area contributed by atoms with E-state index in [9.17, 15) is 0 Å². The van der Waals surface area contributed by atoms with Crippen molar-refractivity contribution in [2.45, 2.75) is 19.3 Å². The second-order valence-electron chi connectivity index (χ2n) is 9.60. The van der Waals surface area contributed by atoms with Gasteiger partial charge in [-0.05, 0) is 58.7 Å². The van der Waals surface area contributed by atoms with Crippen LogP contribution in [0.4, 0.5) is 0 Å². The van der Waals surface area contributed by atoms with E-state index in [1.807, 2.05) is 60.7 Å². The molecule has 0 fully saturated rings. The third kappa shape index (κ3) is 3.64. The zero-order chi connectivity index (χ0) is 23.9. The van der Waals surface area contributed by atoms with E-state index in [1.54, 1.807) is 0 Å². The monoisotopic (exact) mass is 463 g/mol. The summed E-state index contributed by atoms with van der Waals surface area (Å²) in [6, 6.07) is 31.5. The van der Waals surface area contributed by atoms with Gasteiger partial charge in [-0.25, -0.2) is 15.0 Å². The van der Waals surface area contributed by atoms with Gasteiger partial charge in [-0.3, -0.25) is 0 Å². The van der Waals surface area contributed by atoms with E-state index in [1.165, 1.54) is 33.9 Å². The lowest BCUT2D eigenvalue weighted by Gasteiger charge is -2.30. The van der Waals surface area contributed by atoms with Crippen LogP contribution in [0.2, 0.25) is 0 Å². The molecule has 0 spiro atoms. The first-order valence-corrected chi connectivity index (χ1v) is 12.6. The third-order valence-electron chi connectivity index (χ3n) is 7.39. The second kappa shape index (κ2) is 8.69. The van der Waals surface area contributed by atoms with Gasteiger partial charge >= 0.3 is 0 Å². The molecular weight excluding hydrogens is 438 g/mol. The Morgan fingerprint density at radius 3 is 1.97 bits per heavy atom. The highest BCUT2D eigenvalue weighted by Crippen LogP contribution is 2.43. The number of aryl methyl sites for hydroxylation is 1. The van der Waals surface area contributed by atoms with Crippen LogP contribution in [0.15, 0.2) is 109 Å². The van der Waals surface area contributed by atoms with E-state index in [4.69, 9.17) is 15.0 Å². The van der Waals surface area contributed by atoms with Crippen molar-refractivity contribution in [1.29, 1.82) is 0 Å². The van der Waals surface area contributed by atoms with Crippen molar-refractivity contribution >= 4 is 16.3 Å². The second-order valence-corrected chi connectivity index (χ2v) is 9.60. The Balaban J connectivity index is 1.44. The Bertz CT molecular complexity index is 1590. The molecule has 36 heavy (non-hydrogen) atoms. The van der Waals surface area contributed by atoms with Crippen LogP contribution in [0.1, 0.15) is 24.0 Å². The molecule has 3 heteroatoms.